The molecule has 3 aromatic carbocycles. The van der Waals surface area contributed by atoms with E-state index in [4.69, 9.17) is 32.1 Å². The van der Waals surface area contributed by atoms with Crippen LogP contribution in [-0.4, -0.2) is 37.6 Å². The highest BCUT2D eigenvalue weighted by atomic mass is 35.5. The molecule has 1 fully saturated rings. The van der Waals surface area contributed by atoms with Crippen molar-refractivity contribution in [1.82, 2.24) is 4.90 Å². The second kappa shape index (κ2) is 10.7. The molecule has 1 aliphatic heterocycles. The van der Waals surface area contributed by atoms with E-state index in [9.17, 15) is 18.0 Å². The number of hydrogen-bond donors (Lipinski definition) is 0. The maximum Gasteiger partial charge on any atom is 0.339 e. The Labute approximate surface area is 216 Å². The SMILES string of the molecule is O=C1S/C(=C\c2ccccc2OS(=O)(=O)c2ccc(Cl)cc2)C(=O)N1CCOc1ccc(Cl)cc1. The molecule has 0 unspecified atom stereocenters. The number of ether oxygens (including phenoxy) is 1. The maximum atomic E-state index is 12.8. The van der Waals surface area contributed by atoms with Gasteiger partial charge in [-0.05, 0) is 72.4 Å². The van der Waals surface area contributed by atoms with Gasteiger partial charge in [-0.25, -0.2) is 0 Å². The second-order valence-corrected chi connectivity index (χ2v) is 10.6. The van der Waals surface area contributed by atoms with Gasteiger partial charge in [0.25, 0.3) is 11.1 Å². The van der Waals surface area contributed by atoms with Gasteiger partial charge in [0.05, 0.1) is 11.4 Å². The summed E-state index contributed by atoms with van der Waals surface area (Å²) < 4.78 is 36.3. The largest absolute Gasteiger partial charge is 0.492 e. The molecule has 3 aromatic rings. The number of halogens is 2. The van der Waals surface area contributed by atoms with Crippen LogP contribution in [0.4, 0.5) is 4.79 Å². The zero-order chi connectivity index (χ0) is 25.0. The Hall–Kier alpha value is -2.98. The van der Waals surface area contributed by atoms with E-state index in [1.807, 2.05) is 0 Å². The lowest BCUT2D eigenvalue weighted by molar-refractivity contribution is -0.123. The predicted octanol–water partition coefficient (Wildman–Crippen LogP) is 5.88. The summed E-state index contributed by atoms with van der Waals surface area (Å²) in [5.41, 5.74) is 0.327. The number of para-hydroxylation sites is 1. The van der Waals surface area contributed by atoms with Crippen molar-refractivity contribution >= 4 is 62.3 Å². The molecule has 0 radical (unpaired) electrons. The van der Waals surface area contributed by atoms with Gasteiger partial charge in [-0.3, -0.25) is 14.5 Å². The van der Waals surface area contributed by atoms with Gasteiger partial charge in [0, 0.05) is 15.6 Å². The van der Waals surface area contributed by atoms with Crippen LogP contribution in [0.3, 0.4) is 0 Å². The molecule has 0 saturated carbocycles. The van der Waals surface area contributed by atoms with Crippen LogP contribution in [0.5, 0.6) is 11.5 Å². The summed E-state index contributed by atoms with van der Waals surface area (Å²) in [6.45, 7) is 0.152. The lowest BCUT2D eigenvalue weighted by atomic mass is 10.2. The normalized spacial score (nSPS) is 15.0. The maximum absolute atomic E-state index is 12.8. The fourth-order valence-electron chi connectivity index (χ4n) is 3.06. The summed E-state index contributed by atoms with van der Waals surface area (Å²) in [5.74, 6) is 0.0697. The van der Waals surface area contributed by atoms with E-state index in [-0.39, 0.29) is 28.7 Å². The van der Waals surface area contributed by atoms with Crippen molar-refractivity contribution in [2.75, 3.05) is 13.2 Å². The minimum atomic E-state index is -4.14. The van der Waals surface area contributed by atoms with Crippen molar-refractivity contribution < 1.29 is 26.9 Å². The van der Waals surface area contributed by atoms with Crippen molar-refractivity contribution in [3.63, 3.8) is 0 Å². The minimum absolute atomic E-state index is 0.0142. The third-order valence-corrected chi connectivity index (χ3v) is 7.44. The van der Waals surface area contributed by atoms with Crippen molar-refractivity contribution in [1.29, 1.82) is 0 Å². The molecule has 180 valence electrons. The zero-order valence-corrected chi connectivity index (χ0v) is 21.0. The molecular weight excluding hydrogens is 533 g/mol. The molecule has 35 heavy (non-hydrogen) atoms. The molecule has 11 heteroatoms. The first-order valence-corrected chi connectivity index (χ1v) is 13.1. The fraction of sp³-hybridized carbons (Fsp3) is 0.0833. The van der Waals surface area contributed by atoms with Crippen LogP contribution in [0.15, 0.2) is 82.6 Å². The first kappa shape index (κ1) is 25.1. The Morgan fingerprint density at radius 2 is 1.51 bits per heavy atom. The first-order chi connectivity index (χ1) is 16.7. The minimum Gasteiger partial charge on any atom is -0.492 e. The molecule has 0 bridgehead atoms. The Kier molecular flexibility index (Phi) is 7.71. The highest BCUT2D eigenvalue weighted by Gasteiger charge is 2.35. The highest BCUT2D eigenvalue weighted by Crippen LogP contribution is 2.34. The van der Waals surface area contributed by atoms with Crippen LogP contribution < -0.4 is 8.92 Å². The molecule has 7 nitrogen and oxygen atoms in total. The Balaban J connectivity index is 1.47. The Morgan fingerprint density at radius 1 is 0.886 bits per heavy atom. The first-order valence-electron chi connectivity index (χ1n) is 10.2. The Bertz CT molecular complexity index is 1390. The standard InChI is InChI=1S/C24H17Cl2NO6S2/c25-17-5-9-19(10-6-17)32-14-13-27-23(28)22(34-24(27)29)15-16-3-1-2-4-21(16)33-35(30,31)20-11-7-18(26)8-12-20/h1-12,15H,13-14H2/b22-15-. The van der Waals surface area contributed by atoms with Crippen LogP contribution in [0.2, 0.25) is 10.0 Å². The third kappa shape index (κ3) is 6.18. The van der Waals surface area contributed by atoms with E-state index < -0.39 is 21.3 Å². The van der Waals surface area contributed by atoms with Crippen LogP contribution in [0.1, 0.15) is 5.56 Å². The number of thioether (sulfide) groups is 1. The number of rotatable bonds is 8. The number of amides is 2. The second-order valence-electron chi connectivity index (χ2n) is 7.16. The molecule has 1 heterocycles. The van der Waals surface area contributed by atoms with E-state index in [1.165, 1.54) is 36.4 Å². The highest BCUT2D eigenvalue weighted by molar-refractivity contribution is 8.18. The molecular formula is C24H17Cl2NO6S2. The van der Waals surface area contributed by atoms with E-state index >= 15 is 0 Å². The lowest BCUT2D eigenvalue weighted by Gasteiger charge is -2.13. The van der Waals surface area contributed by atoms with Crippen molar-refractivity contribution in [2.45, 2.75) is 4.90 Å². The van der Waals surface area contributed by atoms with Crippen LogP contribution in [-0.2, 0) is 14.9 Å². The Morgan fingerprint density at radius 3 is 2.20 bits per heavy atom. The fourth-order valence-corrected chi connectivity index (χ4v) is 5.12. The quantitative estimate of drug-likeness (QED) is 0.256. The smallest absolute Gasteiger partial charge is 0.339 e. The summed E-state index contributed by atoms with van der Waals surface area (Å²) in [7, 11) is -4.14. The summed E-state index contributed by atoms with van der Waals surface area (Å²) in [6, 6.07) is 18.6. The third-order valence-electron chi connectivity index (χ3n) is 4.78. The summed E-state index contributed by atoms with van der Waals surface area (Å²) in [6.07, 6.45) is 1.43. The van der Waals surface area contributed by atoms with Gasteiger partial charge in [0.2, 0.25) is 0 Å². The average molecular weight is 550 g/mol. The van der Waals surface area contributed by atoms with Crippen LogP contribution >= 0.6 is 35.0 Å². The number of benzene rings is 3. The van der Waals surface area contributed by atoms with Gasteiger partial charge in [-0.1, -0.05) is 41.4 Å². The number of nitrogens with zero attached hydrogens (tertiary/aromatic N) is 1. The van der Waals surface area contributed by atoms with Gasteiger partial charge in [0.15, 0.2) is 0 Å². The molecule has 2 amide bonds. The van der Waals surface area contributed by atoms with Crippen molar-refractivity contribution in [2.24, 2.45) is 0 Å². The van der Waals surface area contributed by atoms with Gasteiger partial charge >= 0.3 is 10.1 Å². The van der Waals surface area contributed by atoms with Crippen molar-refractivity contribution in [3.05, 3.63) is 93.3 Å². The summed E-state index contributed by atoms with van der Waals surface area (Å²) in [4.78, 5) is 26.4. The number of hydrogen-bond acceptors (Lipinski definition) is 7. The van der Waals surface area contributed by atoms with E-state index in [0.717, 1.165) is 16.7 Å². The van der Waals surface area contributed by atoms with Gasteiger partial charge in [-0.15, -0.1) is 0 Å². The summed E-state index contributed by atoms with van der Waals surface area (Å²) in [5, 5.41) is 0.505. The molecule has 0 atom stereocenters. The van der Waals surface area contributed by atoms with Crippen LogP contribution in [0.25, 0.3) is 6.08 Å². The zero-order valence-electron chi connectivity index (χ0n) is 17.9. The van der Waals surface area contributed by atoms with Gasteiger partial charge < -0.3 is 8.92 Å². The molecule has 4 rings (SSSR count). The van der Waals surface area contributed by atoms with Gasteiger partial charge in [0.1, 0.15) is 23.0 Å². The average Bonchev–Trinajstić information content (AvgIpc) is 3.09. The number of carbonyl (C=O) groups is 2. The van der Waals surface area contributed by atoms with E-state index in [2.05, 4.69) is 0 Å². The van der Waals surface area contributed by atoms with Crippen LogP contribution in [0, 0.1) is 0 Å². The molecule has 0 spiro atoms. The van der Waals surface area contributed by atoms with E-state index in [1.54, 1.807) is 42.5 Å². The number of imide groups is 1. The van der Waals surface area contributed by atoms with E-state index in [0.29, 0.717) is 21.4 Å². The molecule has 1 aliphatic rings. The lowest BCUT2D eigenvalue weighted by Crippen LogP contribution is -2.32. The monoisotopic (exact) mass is 549 g/mol. The predicted molar refractivity (Wildman–Crippen MR) is 135 cm³/mol. The topological polar surface area (TPSA) is 90.0 Å². The molecule has 1 saturated heterocycles. The molecule has 0 aromatic heterocycles. The molecule has 0 N–H and O–H groups in total. The number of carbonyl (C=O) groups excluding carboxylic acids is 2. The van der Waals surface area contributed by atoms with Crippen molar-refractivity contribution in [3.8, 4) is 11.5 Å². The molecule has 0 aliphatic carbocycles. The van der Waals surface area contributed by atoms with Gasteiger partial charge in [-0.2, -0.15) is 8.42 Å². The summed E-state index contributed by atoms with van der Waals surface area (Å²) >= 11 is 12.4.